The fourth-order valence-corrected chi connectivity index (χ4v) is 3.37. The topological polar surface area (TPSA) is 41.4 Å². The molecule has 1 fully saturated rings. The maximum atomic E-state index is 12.6. The first-order valence-electron chi connectivity index (χ1n) is 8.17. The lowest BCUT2D eigenvalue weighted by Gasteiger charge is -2.36. The van der Waals surface area contributed by atoms with E-state index in [4.69, 9.17) is 0 Å². The molecule has 0 radical (unpaired) electrons. The molecule has 5 nitrogen and oxygen atoms in total. The Bertz CT molecular complexity index is 508. The highest BCUT2D eigenvalue weighted by atomic mass is 16.2. The van der Waals surface area contributed by atoms with Crippen LogP contribution in [0.2, 0.25) is 0 Å². The zero-order chi connectivity index (χ0) is 15.0. The monoisotopic (exact) mass is 290 g/mol. The maximum absolute atomic E-state index is 12.6. The highest BCUT2D eigenvalue weighted by molar-refractivity contribution is 5.81. The van der Waals surface area contributed by atoms with E-state index >= 15 is 0 Å². The van der Waals surface area contributed by atoms with Gasteiger partial charge in [-0.3, -0.25) is 9.48 Å². The molecule has 1 aliphatic heterocycles. The zero-order valence-electron chi connectivity index (χ0n) is 13.3. The molecule has 0 bridgehead atoms. The van der Waals surface area contributed by atoms with Crippen LogP contribution in [0.15, 0.2) is 12.3 Å². The summed E-state index contributed by atoms with van der Waals surface area (Å²) in [5, 5.41) is 4.48. The zero-order valence-corrected chi connectivity index (χ0v) is 13.3. The molecule has 3 atom stereocenters. The highest BCUT2D eigenvalue weighted by Gasteiger charge is 2.43. The summed E-state index contributed by atoms with van der Waals surface area (Å²) in [6.45, 7) is 11.1. The second kappa shape index (κ2) is 5.79. The molecule has 1 saturated carbocycles. The summed E-state index contributed by atoms with van der Waals surface area (Å²) in [7, 11) is 0. The highest BCUT2D eigenvalue weighted by Crippen LogP contribution is 2.40. The van der Waals surface area contributed by atoms with Crippen LogP contribution in [0.1, 0.15) is 38.9 Å². The van der Waals surface area contributed by atoms with Crippen molar-refractivity contribution in [1.29, 1.82) is 0 Å². The third kappa shape index (κ3) is 2.84. The van der Waals surface area contributed by atoms with Gasteiger partial charge in [0.1, 0.15) is 0 Å². The van der Waals surface area contributed by atoms with Gasteiger partial charge in [-0.15, -0.1) is 0 Å². The summed E-state index contributed by atoms with van der Waals surface area (Å²) < 4.78 is 2.12. The fraction of sp³-hybridized carbons (Fsp3) is 0.750. The van der Waals surface area contributed by atoms with E-state index in [1.54, 1.807) is 0 Å². The molecule has 0 N–H and O–H groups in total. The summed E-state index contributed by atoms with van der Waals surface area (Å²) in [6.07, 6.45) is 2.92. The Hall–Kier alpha value is -1.36. The average Bonchev–Trinajstić information content (AvgIpc) is 3.02. The van der Waals surface area contributed by atoms with Crippen LogP contribution in [-0.4, -0.2) is 51.7 Å². The molecular weight excluding hydrogens is 264 g/mol. The normalized spacial score (nSPS) is 27.8. The van der Waals surface area contributed by atoms with E-state index in [0.717, 1.165) is 39.1 Å². The summed E-state index contributed by atoms with van der Waals surface area (Å²) >= 11 is 0. The molecule has 1 aliphatic carbocycles. The summed E-state index contributed by atoms with van der Waals surface area (Å²) in [6, 6.07) is 2.33. The minimum absolute atomic E-state index is 0.272. The molecule has 0 saturated heterocycles. The lowest BCUT2D eigenvalue weighted by Crippen LogP contribution is -2.45. The Kier molecular flexibility index (Phi) is 4.02. The fourth-order valence-electron chi connectivity index (χ4n) is 3.37. The molecule has 21 heavy (non-hydrogen) atoms. The van der Waals surface area contributed by atoms with Crippen molar-refractivity contribution in [3.63, 3.8) is 0 Å². The number of likely N-dealkylation sites (N-methyl/N-ethyl adjacent to an activating group) is 1. The standard InChI is InChI=1S/C16H26N4O/c1-4-18(5-2)9-14-11-19(16(21)15-8-12(15)3)10-13-6-7-17-20(13)14/h6-7,12,14-15H,4-5,8-11H2,1-3H3/t12-,14-,15-/m1/s1. The van der Waals surface area contributed by atoms with Gasteiger partial charge in [0.2, 0.25) is 5.91 Å². The molecule has 1 amide bonds. The maximum Gasteiger partial charge on any atom is 0.226 e. The van der Waals surface area contributed by atoms with Gasteiger partial charge in [0.25, 0.3) is 0 Å². The van der Waals surface area contributed by atoms with E-state index in [-0.39, 0.29) is 12.0 Å². The van der Waals surface area contributed by atoms with Gasteiger partial charge in [-0.2, -0.15) is 5.10 Å². The molecule has 116 valence electrons. The van der Waals surface area contributed by atoms with E-state index < -0.39 is 0 Å². The Balaban J connectivity index is 1.75. The molecule has 0 aromatic carbocycles. The van der Waals surface area contributed by atoms with Crippen LogP contribution < -0.4 is 0 Å². The van der Waals surface area contributed by atoms with Crippen LogP contribution >= 0.6 is 0 Å². The number of hydrogen-bond donors (Lipinski definition) is 0. The third-order valence-corrected chi connectivity index (χ3v) is 4.98. The van der Waals surface area contributed by atoms with E-state index in [0.29, 0.717) is 11.8 Å². The van der Waals surface area contributed by atoms with Crippen molar-refractivity contribution in [1.82, 2.24) is 19.6 Å². The van der Waals surface area contributed by atoms with Crippen LogP contribution in [0.4, 0.5) is 0 Å². The van der Waals surface area contributed by atoms with Crippen molar-refractivity contribution in [2.45, 2.75) is 39.8 Å². The van der Waals surface area contributed by atoms with Crippen molar-refractivity contribution < 1.29 is 4.79 Å². The average molecular weight is 290 g/mol. The predicted molar refractivity (Wildman–Crippen MR) is 81.7 cm³/mol. The SMILES string of the molecule is CCN(CC)C[C@@H]1CN(C(=O)[C@@H]2C[C@H]2C)Cc2ccnn21. The van der Waals surface area contributed by atoms with Gasteiger partial charge in [0.05, 0.1) is 18.3 Å². The second-order valence-electron chi connectivity index (χ2n) is 6.45. The second-order valence-corrected chi connectivity index (χ2v) is 6.45. The Morgan fingerprint density at radius 3 is 2.76 bits per heavy atom. The molecule has 0 unspecified atom stereocenters. The number of aromatic nitrogens is 2. The van der Waals surface area contributed by atoms with Gasteiger partial charge >= 0.3 is 0 Å². The lowest BCUT2D eigenvalue weighted by atomic mass is 10.1. The van der Waals surface area contributed by atoms with Gasteiger partial charge < -0.3 is 9.80 Å². The first-order valence-corrected chi connectivity index (χ1v) is 8.17. The van der Waals surface area contributed by atoms with Crippen molar-refractivity contribution in [2.75, 3.05) is 26.2 Å². The largest absolute Gasteiger partial charge is 0.334 e. The van der Waals surface area contributed by atoms with Gasteiger partial charge in [-0.1, -0.05) is 20.8 Å². The third-order valence-electron chi connectivity index (χ3n) is 4.98. The molecule has 2 aliphatic rings. The minimum Gasteiger partial charge on any atom is -0.334 e. The minimum atomic E-state index is 0.272. The van der Waals surface area contributed by atoms with Gasteiger partial charge in [-0.25, -0.2) is 0 Å². The number of amides is 1. The van der Waals surface area contributed by atoms with Crippen LogP contribution in [0.5, 0.6) is 0 Å². The Labute approximate surface area is 126 Å². The molecule has 3 rings (SSSR count). The Morgan fingerprint density at radius 1 is 1.43 bits per heavy atom. The first-order chi connectivity index (χ1) is 10.1. The van der Waals surface area contributed by atoms with E-state index in [9.17, 15) is 4.79 Å². The van der Waals surface area contributed by atoms with Gasteiger partial charge in [-0.05, 0) is 31.5 Å². The molecular formula is C16H26N4O. The predicted octanol–water partition coefficient (Wildman–Crippen LogP) is 1.76. The quantitative estimate of drug-likeness (QED) is 0.830. The molecule has 1 aromatic heterocycles. The van der Waals surface area contributed by atoms with Crippen LogP contribution in [0, 0.1) is 11.8 Å². The number of rotatable bonds is 5. The number of hydrogen-bond acceptors (Lipinski definition) is 3. The lowest BCUT2D eigenvalue weighted by molar-refractivity contribution is -0.135. The van der Waals surface area contributed by atoms with Crippen LogP contribution in [-0.2, 0) is 11.3 Å². The first kappa shape index (κ1) is 14.6. The molecule has 1 aromatic rings. The van der Waals surface area contributed by atoms with E-state index in [1.807, 2.05) is 12.3 Å². The van der Waals surface area contributed by atoms with E-state index in [1.165, 1.54) is 5.69 Å². The van der Waals surface area contributed by atoms with Crippen LogP contribution in [0.25, 0.3) is 0 Å². The molecule has 0 spiro atoms. The molecule has 2 heterocycles. The Morgan fingerprint density at radius 2 is 2.14 bits per heavy atom. The van der Waals surface area contributed by atoms with Crippen LogP contribution in [0.3, 0.4) is 0 Å². The summed E-state index contributed by atoms with van der Waals surface area (Å²) in [4.78, 5) is 17.0. The van der Waals surface area contributed by atoms with Crippen molar-refractivity contribution in [3.05, 3.63) is 18.0 Å². The van der Waals surface area contributed by atoms with Crippen molar-refractivity contribution in [3.8, 4) is 0 Å². The van der Waals surface area contributed by atoms with Crippen molar-refractivity contribution >= 4 is 5.91 Å². The smallest absolute Gasteiger partial charge is 0.226 e. The van der Waals surface area contributed by atoms with Crippen molar-refractivity contribution in [2.24, 2.45) is 11.8 Å². The van der Waals surface area contributed by atoms with E-state index in [2.05, 4.69) is 40.4 Å². The number of nitrogens with zero attached hydrogens (tertiary/aromatic N) is 4. The van der Waals surface area contributed by atoms with Gasteiger partial charge in [0, 0.05) is 25.2 Å². The summed E-state index contributed by atoms with van der Waals surface area (Å²) in [5.41, 5.74) is 1.17. The number of carbonyl (C=O) groups excluding carboxylic acids is 1. The van der Waals surface area contributed by atoms with Gasteiger partial charge in [0.15, 0.2) is 0 Å². The number of fused-ring (bicyclic) bond motifs is 1. The molecule has 5 heteroatoms. The number of carbonyl (C=O) groups is 1. The summed E-state index contributed by atoms with van der Waals surface area (Å²) in [5.74, 6) is 1.19.